The number of piperazine rings is 1. The van der Waals surface area contributed by atoms with Crippen LogP contribution in [0.25, 0.3) is 32.9 Å². The Bertz CT molecular complexity index is 3270. The summed E-state index contributed by atoms with van der Waals surface area (Å²) in [7, 11) is 0. The Hall–Kier alpha value is -7.83. The van der Waals surface area contributed by atoms with E-state index in [-0.39, 0.29) is 113 Å². The lowest BCUT2D eigenvalue weighted by Crippen LogP contribution is -2.54. The number of ether oxygens (including phenoxy) is 2. The number of benzene rings is 3. The molecule has 6 unspecified atom stereocenters. The zero-order chi connectivity index (χ0) is 52.3. The second kappa shape index (κ2) is 19.8. The van der Waals surface area contributed by atoms with E-state index in [9.17, 15) is 33.9 Å². The monoisotopic (exact) mass is 1020 g/mol. The number of rotatable bonds is 14. The topological polar surface area (TPSA) is 238 Å². The predicted octanol–water partition coefficient (Wildman–Crippen LogP) is 5.31. The summed E-state index contributed by atoms with van der Waals surface area (Å²) in [6.45, 7) is 4.73. The Kier molecular flexibility index (Phi) is 13.0. The molecule has 5 N–H and O–H groups in total. The smallest absolute Gasteiger partial charge is 0.407 e. The quantitative estimate of drug-likeness (QED) is 0.0539. The van der Waals surface area contributed by atoms with Crippen LogP contribution in [-0.4, -0.2) is 135 Å². The Labute approximate surface area is 429 Å². The highest BCUT2D eigenvalue weighted by Crippen LogP contribution is 2.46. The largest absolute Gasteiger partial charge is 0.508 e. The van der Waals surface area contributed by atoms with Gasteiger partial charge in [0.25, 0.3) is 11.8 Å². The lowest BCUT2D eigenvalue weighted by molar-refractivity contribution is -0.136. The maximum atomic E-state index is 17.2. The third-order valence-corrected chi connectivity index (χ3v) is 15.6. The number of nitrogens with one attached hydrogen (secondary N) is 4. The minimum atomic E-state index is -1.13. The van der Waals surface area contributed by atoms with Crippen LogP contribution in [0.1, 0.15) is 97.4 Å². The Morgan fingerprint density at radius 3 is 2.59 bits per heavy atom. The summed E-state index contributed by atoms with van der Waals surface area (Å²) in [5.41, 5.74) is -0.453. The zero-order valence-corrected chi connectivity index (χ0v) is 41.0. The van der Waals surface area contributed by atoms with Gasteiger partial charge in [-0.1, -0.05) is 25.0 Å². The van der Waals surface area contributed by atoms with Gasteiger partial charge in [-0.3, -0.25) is 44.1 Å². The van der Waals surface area contributed by atoms with Gasteiger partial charge in [0.1, 0.15) is 47.9 Å². The van der Waals surface area contributed by atoms with Crippen LogP contribution in [0, 0.1) is 29.9 Å². The number of pyridine rings is 1. The van der Waals surface area contributed by atoms with Gasteiger partial charge in [-0.2, -0.15) is 9.97 Å². The molecule has 5 fully saturated rings. The summed E-state index contributed by atoms with van der Waals surface area (Å²) in [5.74, 6) is -1.50. The first-order valence-corrected chi connectivity index (χ1v) is 25.4. The number of aromatic nitrogens is 3. The fraction of sp³-hybridized carbons (Fsp3) is 0.426. The number of alkyl carbamates (subject to hydrolysis) is 1. The molecule has 6 aliphatic rings. The SMILES string of the molecule is C#Cc1c(F)ccc2cc(O)cc(-c3ncc4c(N5CC6CCC(C5)N6)nc(OCC56CCC(COC(=O)NCCCCC(=O)Nc7cccc8c7C(=O)N(C7CCC(=O)NC7=O)C8=O)N5CC(C)C6)nc4c3F)c12. The number of carbonyl (C=O) groups excluding carboxylic acids is 6. The van der Waals surface area contributed by atoms with Gasteiger partial charge in [0.05, 0.1) is 33.3 Å². The van der Waals surface area contributed by atoms with Crippen LogP contribution in [0.2, 0.25) is 0 Å². The first kappa shape index (κ1) is 49.4. The van der Waals surface area contributed by atoms with E-state index in [1.54, 1.807) is 0 Å². The highest BCUT2D eigenvalue weighted by Gasteiger charge is 2.53. The highest BCUT2D eigenvalue weighted by molar-refractivity contribution is 6.26. The number of imide groups is 2. The average Bonchev–Trinajstić information content (AvgIpc) is 4.12. The van der Waals surface area contributed by atoms with Crippen molar-refractivity contribution in [2.45, 2.75) is 101 Å². The first-order valence-electron chi connectivity index (χ1n) is 25.4. The molecule has 6 amide bonds. The molecule has 2 bridgehead atoms. The molecule has 5 saturated heterocycles. The van der Waals surface area contributed by atoms with Crippen LogP contribution in [0.3, 0.4) is 0 Å². The molecule has 388 valence electrons. The maximum Gasteiger partial charge on any atom is 0.407 e. The third-order valence-electron chi connectivity index (χ3n) is 15.6. The van der Waals surface area contributed by atoms with Crippen molar-refractivity contribution in [1.82, 2.24) is 40.7 Å². The molecule has 75 heavy (non-hydrogen) atoms. The van der Waals surface area contributed by atoms with Crippen molar-refractivity contribution in [2.24, 2.45) is 5.92 Å². The van der Waals surface area contributed by atoms with E-state index < -0.39 is 58.8 Å². The number of hydrogen-bond donors (Lipinski definition) is 5. The van der Waals surface area contributed by atoms with Crippen molar-refractivity contribution >= 4 is 68.8 Å². The molecule has 2 aromatic heterocycles. The van der Waals surface area contributed by atoms with E-state index in [0.717, 1.165) is 43.5 Å². The van der Waals surface area contributed by atoms with Crippen LogP contribution in [0.5, 0.6) is 11.8 Å². The van der Waals surface area contributed by atoms with Gasteiger partial charge in [-0.25, -0.2) is 13.6 Å². The molecule has 0 aliphatic carbocycles. The average molecular weight is 1030 g/mol. The standard InChI is InChI=1S/C54H54F2N10O9/c1-3-34-38(55)13-10-29-19-33(67)20-36(43(29)34)46-45(56)47-37(22-58-46)48(64-24-30-11-12-31(25-64)59-30)63-52(62-47)75-27-54-17-16-32(65(54)23-28(2)21-54)26-74-53(73)57-18-5-4-9-41(68)60-39-8-6-7-35-44(39)51(72)66(50(35)71)40-14-15-42(69)61-49(40)70/h1,6-8,10,13,19-20,22,28,30-32,40,59,67H,4-5,9,11-12,14-18,21,23-27H2,2H3,(H,57,73)(H,60,68)(H,61,69,70). The van der Waals surface area contributed by atoms with Crippen LogP contribution < -0.4 is 30.9 Å². The van der Waals surface area contributed by atoms with Gasteiger partial charge in [0.2, 0.25) is 17.7 Å². The Morgan fingerprint density at radius 1 is 0.987 bits per heavy atom. The molecule has 0 spiro atoms. The van der Waals surface area contributed by atoms with Crippen LogP contribution in [0.4, 0.5) is 25.1 Å². The van der Waals surface area contributed by atoms with Crippen molar-refractivity contribution in [1.29, 1.82) is 0 Å². The van der Waals surface area contributed by atoms with Crippen LogP contribution in [-0.2, 0) is 19.1 Å². The molecular weight excluding hydrogens is 971 g/mol. The number of nitrogens with zero attached hydrogens (tertiary/aromatic N) is 6. The van der Waals surface area contributed by atoms with E-state index in [1.165, 1.54) is 48.7 Å². The Balaban J connectivity index is 0.720. The minimum Gasteiger partial charge on any atom is -0.508 e. The normalized spacial score (nSPS) is 24.1. The molecule has 8 heterocycles. The van der Waals surface area contributed by atoms with Gasteiger partial charge >= 0.3 is 12.1 Å². The molecule has 0 saturated carbocycles. The van der Waals surface area contributed by atoms with E-state index in [0.29, 0.717) is 48.4 Å². The summed E-state index contributed by atoms with van der Waals surface area (Å²) in [5, 5.41) is 23.0. The maximum absolute atomic E-state index is 17.2. The van der Waals surface area contributed by atoms with Gasteiger partial charge < -0.3 is 35.4 Å². The molecule has 21 heteroatoms. The number of aromatic hydroxyl groups is 1. The number of carbonyl (C=O) groups is 6. The number of anilines is 2. The second-order valence-electron chi connectivity index (χ2n) is 20.6. The second-order valence-corrected chi connectivity index (χ2v) is 20.6. The fourth-order valence-electron chi connectivity index (χ4n) is 12.2. The van der Waals surface area contributed by atoms with Gasteiger partial charge in [0.15, 0.2) is 5.82 Å². The van der Waals surface area contributed by atoms with Gasteiger partial charge in [-0.15, -0.1) is 6.42 Å². The van der Waals surface area contributed by atoms with Crippen molar-refractivity contribution in [2.75, 3.05) is 49.6 Å². The van der Waals surface area contributed by atoms with Crippen LogP contribution in [0.15, 0.2) is 48.7 Å². The predicted molar refractivity (Wildman–Crippen MR) is 269 cm³/mol. The molecule has 3 aromatic carbocycles. The molecule has 5 aromatic rings. The van der Waals surface area contributed by atoms with Crippen molar-refractivity contribution in [3.8, 4) is 35.4 Å². The number of hydrogen-bond acceptors (Lipinski definition) is 15. The van der Waals surface area contributed by atoms with Crippen molar-refractivity contribution in [3.05, 3.63) is 77.0 Å². The lowest BCUT2D eigenvalue weighted by Gasteiger charge is -2.35. The summed E-state index contributed by atoms with van der Waals surface area (Å²) < 4.78 is 44.6. The van der Waals surface area contributed by atoms with Gasteiger partial charge in [0, 0.05) is 74.3 Å². The van der Waals surface area contributed by atoms with Gasteiger partial charge in [-0.05, 0) is 93.0 Å². The summed E-state index contributed by atoms with van der Waals surface area (Å²) >= 11 is 0. The highest BCUT2D eigenvalue weighted by atomic mass is 19.1. The fourth-order valence-corrected chi connectivity index (χ4v) is 12.2. The summed E-state index contributed by atoms with van der Waals surface area (Å²) in [4.78, 5) is 96.1. The number of piperidine rings is 1. The lowest BCUT2D eigenvalue weighted by atomic mass is 9.91. The number of phenols is 1. The summed E-state index contributed by atoms with van der Waals surface area (Å²) in [6, 6.07) is 9.11. The Morgan fingerprint density at radius 2 is 1.80 bits per heavy atom. The molecule has 11 rings (SSSR count). The molecule has 0 radical (unpaired) electrons. The summed E-state index contributed by atoms with van der Waals surface area (Å²) in [6.07, 6.45) is 11.8. The van der Waals surface area contributed by atoms with E-state index >= 15 is 8.78 Å². The van der Waals surface area contributed by atoms with E-state index in [1.807, 2.05) is 0 Å². The number of amides is 6. The zero-order valence-electron chi connectivity index (χ0n) is 41.0. The molecular formula is C54H54F2N10O9. The van der Waals surface area contributed by atoms with Crippen molar-refractivity contribution in [3.63, 3.8) is 0 Å². The first-order chi connectivity index (χ1) is 36.2. The van der Waals surface area contributed by atoms with Crippen molar-refractivity contribution < 1.29 is 52.1 Å². The number of terminal acetylenes is 1. The number of halogens is 2. The number of unbranched alkanes of at least 4 members (excludes halogenated alkanes) is 1. The van der Waals surface area contributed by atoms with E-state index in [2.05, 4.69) is 53.9 Å². The molecule has 19 nitrogen and oxygen atoms in total. The van der Waals surface area contributed by atoms with E-state index in [4.69, 9.17) is 20.9 Å². The number of fused-ring (bicyclic) bond motifs is 6. The molecule has 6 atom stereocenters. The molecule has 6 aliphatic heterocycles. The van der Waals surface area contributed by atoms with Crippen LogP contribution >= 0.6 is 0 Å². The third kappa shape index (κ3) is 9.19. The number of phenolic OH excluding ortho intramolecular Hbond substituents is 1. The minimum absolute atomic E-state index is 0.00907.